The van der Waals surface area contributed by atoms with Crippen molar-refractivity contribution in [2.45, 2.75) is 51.2 Å². The summed E-state index contributed by atoms with van der Waals surface area (Å²) < 4.78 is 16.2. The molecule has 1 unspecified atom stereocenters. The van der Waals surface area contributed by atoms with Gasteiger partial charge in [-0.15, -0.1) is 0 Å². The van der Waals surface area contributed by atoms with Gasteiger partial charge in [0.25, 0.3) is 5.91 Å². The number of nitrogens with one attached hydrogen (secondary N) is 4. The maximum atomic E-state index is 12.3. The normalized spacial score (nSPS) is 12.8. The molecule has 4 rings (SSSR count). The van der Waals surface area contributed by atoms with Crippen molar-refractivity contribution in [1.29, 1.82) is 10.8 Å². The number of aliphatic imine (C=N–C) groups is 2. The second-order valence-electron chi connectivity index (χ2n) is 14.2. The van der Waals surface area contributed by atoms with Gasteiger partial charge in [-0.25, -0.2) is 9.79 Å². The number of nitrogens with zero attached hydrogens (tertiary/aromatic N) is 3. The second-order valence-corrected chi connectivity index (χ2v) is 14.2. The lowest BCUT2D eigenvalue weighted by atomic mass is 9.95. The van der Waals surface area contributed by atoms with E-state index in [-0.39, 0.29) is 59.7 Å². The van der Waals surface area contributed by atoms with Crippen LogP contribution in [0.4, 0.5) is 5.69 Å². The lowest BCUT2D eigenvalue weighted by Gasteiger charge is -2.25. The molecule has 19 heteroatoms. The number of hydrogen-bond donors (Lipinski definition) is 8. The first kappa shape index (κ1) is 56.2. The van der Waals surface area contributed by atoms with Crippen LogP contribution in [0.3, 0.4) is 0 Å². The van der Waals surface area contributed by atoms with Crippen LogP contribution in [0.2, 0.25) is 0 Å². The van der Waals surface area contributed by atoms with Crippen LogP contribution in [-0.4, -0.2) is 132 Å². The zero-order valence-corrected chi connectivity index (χ0v) is 37.8. The third-order valence-electron chi connectivity index (χ3n) is 9.16. The topological polar surface area (TPSA) is 311 Å². The van der Waals surface area contributed by atoms with Crippen molar-refractivity contribution in [3.05, 3.63) is 112 Å². The Balaban J connectivity index is 0.000000569. The highest BCUT2D eigenvalue weighted by atomic mass is 16.6. The van der Waals surface area contributed by atoms with E-state index in [9.17, 15) is 24.0 Å². The Morgan fingerprint density at radius 1 is 1.00 bits per heavy atom. The standard InChI is InChI=1S/C23H33N7O4.C14H16N2O4.C8H10O.CH5N/c1-23(2)18-13-15(5-6-16(18)22(31)34-23)30-14-17(20(25)28-4)21(26)33-19(24)7-8-29-10-12-32-11-9-27-3;1-16(12(13(15)19)7-4-8-17)14(20)11-6-3-2-5-10(11)9-18;9-7-6-8-4-2-1-3-5-8;1-2/h5-6,13-14,24-25,27,29H,4,7-12,26H2,1-3H3;2-3,5-6,8-9,12H,4,7H2,1H3,(H2,15,19);1-5,9H,6-7H2;2H2,1H3/b21-17+,24-19?,25-20?,30-14?;;;. The van der Waals surface area contributed by atoms with Gasteiger partial charge in [-0.05, 0) is 77.3 Å². The summed E-state index contributed by atoms with van der Waals surface area (Å²) in [5.41, 5.74) is 18.4. The lowest BCUT2D eigenvalue weighted by molar-refractivity contribution is -0.122. The number of hydrogen-bond acceptors (Lipinski definition) is 16. The van der Waals surface area contributed by atoms with Gasteiger partial charge in [0.05, 0.1) is 35.6 Å². The first-order chi connectivity index (χ1) is 31.1. The smallest absolute Gasteiger partial charge is 0.339 e. The fourth-order valence-corrected chi connectivity index (χ4v) is 5.73. The maximum Gasteiger partial charge on any atom is 0.339 e. The number of aldehydes is 2. The van der Waals surface area contributed by atoms with E-state index in [1.165, 1.54) is 38.0 Å². The number of primary amides is 1. The molecule has 2 amide bonds. The molecule has 0 bridgehead atoms. The van der Waals surface area contributed by atoms with Crippen molar-refractivity contribution >= 4 is 60.7 Å². The van der Waals surface area contributed by atoms with Crippen LogP contribution in [0.15, 0.2) is 94.2 Å². The van der Waals surface area contributed by atoms with Gasteiger partial charge < -0.3 is 56.8 Å². The van der Waals surface area contributed by atoms with E-state index < -0.39 is 23.5 Å². The van der Waals surface area contributed by atoms with Crippen molar-refractivity contribution in [1.82, 2.24) is 15.5 Å². The number of ether oxygens (including phenoxy) is 3. The molecule has 0 aromatic heterocycles. The molecule has 0 saturated heterocycles. The zero-order chi connectivity index (χ0) is 48.8. The highest BCUT2D eigenvalue weighted by Crippen LogP contribution is 2.37. The maximum absolute atomic E-state index is 12.3. The van der Waals surface area contributed by atoms with Crippen molar-refractivity contribution < 1.29 is 43.3 Å². The van der Waals surface area contributed by atoms with Crippen LogP contribution < -0.4 is 27.8 Å². The summed E-state index contributed by atoms with van der Waals surface area (Å²) in [4.78, 5) is 66.1. The number of carbonyl (C=O) groups excluding carboxylic acids is 5. The van der Waals surface area contributed by atoms with E-state index in [0.29, 0.717) is 56.5 Å². The number of cyclic esters (lactones) is 1. The molecule has 1 heterocycles. The van der Waals surface area contributed by atoms with Gasteiger partial charge in [0.15, 0.2) is 18.0 Å². The molecule has 65 heavy (non-hydrogen) atoms. The molecule has 3 aromatic rings. The minimum atomic E-state index is -0.882. The minimum Gasteiger partial charge on any atom is -0.451 e. The van der Waals surface area contributed by atoms with Crippen molar-refractivity contribution in [3.8, 4) is 0 Å². The number of likely N-dealkylation sites (N-methyl/N-ethyl adjacent to an activating group) is 2. The number of amides is 2. The Morgan fingerprint density at radius 2 is 1.66 bits per heavy atom. The van der Waals surface area contributed by atoms with E-state index in [1.807, 2.05) is 37.4 Å². The number of aliphatic hydroxyl groups excluding tert-OH is 1. The van der Waals surface area contributed by atoms with Gasteiger partial charge in [0, 0.05) is 63.5 Å². The minimum absolute atomic E-state index is 0.0706. The van der Waals surface area contributed by atoms with Gasteiger partial charge in [0.1, 0.15) is 17.9 Å². The molecule has 0 spiro atoms. The summed E-state index contributed by atoms with van der Waals surface area (Å²) in [7, 11) is 4.79. The lowest BCUT2D eigenvalue weighted by Crippen LogP contribution is -2.45. The summed E-state index contributed by atoms with van der Waals surface area (Å²) in [6.07, 6.45) is 3.91. The summed E-state index contributed by atoms with van der Waals surface area (Å²) >= 11 is 0. The highest BCUT2D eigenvalue weighted by molar-refractivity contribution is 6.16. The monoisotopic (exact) mass is 900 g/mol. The van der Waals surface area contributed by atoms with E-state index >= 15 is 0 Å². The van der Waals surface area contributed by atoms with Crippen LogP contribution in [-0.2, 0) is 35.8 Å². The van der Waals surface area contributed by atoms with E-state index in [1.54, 1.807) is 44.2 Å². The second kappa shape index (κ2) is 31.1. The van der Waals surface area contributed by atoms with Crippen LogP contribution in [0.1, 0.15) is 75.3 Å². The van der Waals surface area contributed by atoms with E-state index in [2.05, 4.69) is 33.1 Å². The first-order valence-electron chi connectivity index (χ1n) is 20.6. The SMILES string of the molecule is C=NC(=N)/C(C=Nc1ccc2c(c1)C(C)(C)OC2=O)=C(\N)OC(=N)CCNCCOCCNC.CN.CN(C(=O)c1ccccc1C=O)C(CCC=O)C(N)=O.OCCc1ccccc1. The summed E-state index contributed by atoms with van der Waals surface area (Å²) in [6, 6.07) is 20.4. The molecule has 1 aliphatic rings. The Hall–Kier alpha value is -6.77. The van der Waals surface area contributed by atoms with Crippen molar-refractivity contribution in [2.24, 2.45) is 27.2 Å². The van der Waals surface area contributed by atoms with Crippen LogP contribution >= 0.6 is 0 Å². The predicted molar refractivity (Wildman–Crippen MR) is 252 cm³/mol. The molecule has 0 radical (unpaired) electrons. The number of esters is 1. The number of benzene rings is 3. The highest BCUT2D eigenvalue weighted by Gasteiger charge is 2.37. The Labute approximate surface area is 380 Å². The van der Waals surface area contributed by atoms with Gasteiger partial charge in [-0.2, -0.15) is 0 Å². The third-order valence-corrected chi connectivity index (χ3v) is 9.16. The number of amidine groups is 1. The number of aliphatic hydroxyl groups is 1. The number of fused-ring (bicyclic) bond motifs is 1. The van der Waals surface area contributed by atoms with Gasteiger partial charge in [-0.1, -0.05) is 48.5 Å². The van der Waals surface area contributed by atoms with Gasteiger partial charge >= 0.3 is 5.97 Å². The van der Waals surface area contributed by atoms with E-state index in [4.69, 9.17) is 41.6 Å². The molecule has 0 fully saturated rings. The molecule has 11 N–H and O–H groups in total. The van der Waals surface area contributed by atoms with Gasteiger partial charge in [0.2, 0.25) is 11.8 Å². The molecular weight excluding hydrogens is 837 g/mol. The Morgan fingerprint density at radius 3 is 2.28 bits per heavy atom. The number of carbonyl (C=O) groups is 5. The molecule has 1 atom stereocenters. The number of nitrogens with two attached hydrogens (primary N) is 3. The molecule has 19 nitrogen and oxygen atoms in total. The third kappa shape index (κ3) is 19.7. The Bertz CT molecular complexity index is 2090. The summed E-state index contributed by atoms with van der Waals surface area (Å²) in [5, 5.41) is 30.7. The predicted octanol–water partition coefficient (Wildman–Crippen LogP) is 3.05. The molecular formula is C46H64N10O9. The molecule has 3 aromatic carbocycles. The number of rotatable bonds is 22. The average Bonchev–Trinajstić information content (AvgIpc) is 3.54. The molecule has 0 saturated carbocycles. The summed E-state index contributed by atoms with van der Waals surface area (Å²) in [5.74, 6) is -2.04. The van der Waals surface area contributed by atoms with Crippen molar-refractivity contribution in [3.63, 3.8) is 0 Å². The van der Waals surface area contributed by atoms with Crippen LogP contribution in [0.25, 0.3) is 0 Å². The van der Waals surface area contributed by atoms with E-state index in [0.717, 1.165) is 23.4 Å². The molecule has 0 aliphatic carbocycles. The van der Waals surface area contributed by atoms with Crippen LogP contribution in [0.5, 0.6) is 0 Å². The van der Waals surface area contributed by atoms with Gasteiger partial charge in [-0.3, -0.25) is 30.2 Å². The average molecular weight is 901 g/mol. The van der Waals surface area contributed by atoms with Crippen molar-refractivity contribution in [2.75, 3.05) is 60.6 Å². The molecule has 352 valence electrons. The summed E-state index contributed by atoms with van der Waals surface area (Å²) in [6.45, 7) is 10.4. The first-order valence-corrected chi connectivity index (χ1v) is 20.6. The fourth-order valence-electron chi connectivity index (χ4n) is 5.73. The van der Waals surface area contributed by atoms with Crippen LogP contribution in [0, 0.1) is 10.8 Å². The largest absolute Gasteiger partial charge is 0.451 e. The fraction of sp³-hybridized carbons (Fsp3) is 0.370. The Kier molecular flexibility index (Phi) is 26.9. The quantitative estimate of drug-likeness (QED) is 0.0180. The zero-order valence-electron chi connectivity index (χ0n) is 37.8. The molecule has 1 aliphatic heterocycles.